The molecule has 0 aromatic heterocycles. The van der Waals surface area contributed by atoms with E-state index in [1.54, 1.807) is 24.3 Å². The molecule has 170 valence electrons. The van der Waals surface area contributed by atoms with Gasteiger partial charge in [-0.2, -0.15) is 0 Å². The van der Waals surface area contributed by atoms with Crippen LogP contribution in [-0.2, 0) is 4.79 Å². The lowest BCUT2D eigenvalue weighted by Gasteiger charge is -2.13. The predicted octanol–water partition coefficient (Wildman–Crippen LogP) is 2.88. The van der Waals surface area contributed by atoms with Gasteiger partial charge in [0.05, 0.1) is 17.1 Å². The van der Waals surface area contributed by atoms with E-state index in [0.717, 1.165) is 19.3 Å². The molecule has 0 radical (unpaired) electrons. The van der Waals surface area contributed by atoms with Crippen molar-refractivity contribution >= 4 is 34.8 Å². The zero-order chi connectivity index (χ0) is 23.3. The summed E-state index contributed by atoms with van der Waals surface area (Å²) in [6, 6.07) is 12.1. The third kappa shape index (κ3) is 8.19. The molecule has 0 aliphatic heterocycles. The van der Waals surface area contributed by atoms with Crippen LogP contribution < -0.4 is 25.6 Å². The Morgan fingerprint density at radius 2 is 1.75 bits per heavy atom. The summed E-state index contributed by atoms with van der Waals surface area (Å²) in [7, 11) is 0. The minimum absolute atomic E-state index is 0.0857. The van der Waals surface area contributed by atoms with Gasteiger partial charge in [0, 0.05) is 12.1 Å². The average molecular weight is 461 g/mol. The lowest BCUT2D eigenvalue weighted by molar-refractivity contribution is -0.384. The Hall–Kier alpha value is -3.73. The molecule has 3 N–H and O–H groups in total. The first-order valence-electron chi connectivity index (χ1n) is 9.90. The number of nitro groups is 1. The molecule has 2 amide bonds. The zero-order valence-corrected chi connectivity index (χ0v) is 18.3. The number of nitro benzene ring substituents is 1. The van der Waals surface area contributed by atoms with Gasteiger partial charge in [0.15, 0.2) is 11.7 Å². The predicted molar refractivity (Wildman–Crippen MR) is 121 cm³/mol. The first kappa shape index (κ1) is 24.5. The Bertz CT molecular complexity index is 952. The van der Waals surface area contributed by atoms with Gasteiger partial charge in [0.25, 0.3) is 17.5 Å². The normalized spacial score (nSPS) is 10.0. The lowest BCUT2D eigenvalue weighted by Crippen LogP contribution is -2.49. The maximum Gasteiger partial charge on any atom is 0.276 e. The number of non-ortho nitro benzene ring substituents is 1. The molecule has 0 atom stereocenters. The fraction of sp³-hybridized carbons (Fsp3) is 0.286. The fourth-order valence-corrected chi connectivity index (χ4v) is 2.64. The van der Waals surface area contributed by atoms with Gasteiger partial charge in [0.1, 0.15) is 11.5 Å². The second kappa shape index (κ2) is 12.8. The molecule has 32 heavy (non-hydrogen) atoms. The molecule has 0 unspecified atom stereocenters. The van der Waals surface area contributed by atoms with Crippen molar-refractivity contribution in [1.82, 2.24) is 16.2 Å². The summed E-state index contributed by atoms with van der Waals surface area (Å²) in [5.41, 5.74) is 4.94. The highest BCUT2D eigenvalue weighted by atomic mass is 32.1. The molecule has 11 heteroatoms. The van der Waals surface area contributed by atoms with E-state index in [1.165, 1.54) is 24.3 Å². The van der Waals surface area contributed by atoms with Crippen LogP contribution in [0.3, 0.4) is 0 Å². The van der Waals surface area contributed by atoms with Crippen LogP contribution in [0.25, 0.3) is 0 Å². The Labute approximate surface area is 190 Å². The van der Waals surface area contributed by atoms with Gasteiger partial charge < -0.3 is 9.47 Å². The van der Waals surface area contributed by atoms with Gasteiger partial charge >= 0.3 is 0 Å². The molecule has 0 saturated heterocycles. The molecule has 0 bridgehead atoms. The molecule has 0 fully saturated rings. The van der Waals surface area contributed by atoms with Crippen LogP contribution in [0, 0.1) is 10.1 Å². The fourth-order valence-electron chi connectivity index (χ4n) is 2.49. The molecule has 0 heterocycles. The van der Waals surface area contributed by atoms with Crippen LogP contribution in [0.1, 0.15) is 36.5 Å². The largest absolute Gasteiger partial charge is 0.493 e. The topological polar surface area (TPSA) is 132 Å². The maximum absolute atomic E-state index is 12.5. The quantitative estimate of drug-likeness (QED) is 0.213. The van der Waals surface area contributed by atoms with Crippen LogP contribution in [0.15, 0.2) is 48.5 Å². The Morgan fingerprint density at radius 3 is 2.44 bits per heavy atom. The van der Waals surface area contributed by atoms with Crippen molar-refractivity contribution < 1.29 is 24.0 Å². The molecule has 2 rings (SSSR count). The van der Waals surface area contributed by atoms with Crippen LogP contribution >= 0.6 is 12.2 Å². The third-order valence-electron chi connectivity index (χ3n) is 4.10. The lowest BCUT2D eigenvalue weighted by atomic mass is 10.2. The number of para-hydroxylation sites is 1. The molecule has 2 aromatic rings. The van der Waals surface area contributed by atoms with Crippen molar-refractivity contribution in [1.29, 1.82) is 0 Å². The van der Waals surface area contributed by atoms with Gasteiger partial charge in [-0.25, -0.2) is 0 Å². The number of amides is 2. The first-order valence-corrected chi connectivity index (χ1v) is 10.3. The standard InChI is InChI=1S/C21H24N4O6S/c1-2-3-6-13-30-18-8-5-4-7-17(18)20(27)22-21(32)24-23-19(26)14-31-16-11-9-15(10-12-16)25(28)29/h4-5,7-12H,2-3,6,13-14H2,1H3,(H,23,26)(H2,22,24,27,32). The molecule has 0 aliphatic carbocycles. The summed E-state index contributed by atoms with van der Waals surface area (Å²) in [5.74, 6) is -0.314. The van der Waals surface area contributed by atoms with Crippen LogP contribution in [0.4, 0.5) is 5.69 Å². The third-order valence-corrected chi connectivity index (χ3v) is 4.30. The molecule has 0 saturated carbocycles. The van der Waals surface area contributed by atoms with Gasteiger partial charge in [-0.1, -0.05) is 31.9 Å². The molecular weight excluding hydrogens is 436 g/mol. The summed E-state index contributed by atoms with van der Waals surface area (Å²) in [6.07, 6.45) is 2.99. The van der Waals surface area contributed by atoms with Crippen molar-refractivity contribution in [2.75, 3.05) is 13.2 Å². The number of hydrazine groups is 1. The monoisotopic (exact) mass is 460 g/mol. The highest BCUT2D eigenvalue weighted by Gasteiger charge is 2.14. The molecular formula is C21H24N4O6S. The molecule has 0 spiro atoms. The number of benzene rings is 2. The number of ether oxygens (including phenoxy) is 2. The summed E-state index contributed by atoms with van der Waals surface area (Å²) in [4.78, 5) is 34.5. The second-order valence-corrected chi connectivity index (χ2v) is 6.96. The molecule has 2 aromatic carbocycles. The number of thiocarbonyl (C=S) groups is 1. The van der Waals surface area contributed by atoms with Crippen molar-refractivity contribution in [3.63, 3.8) is 0 Å². The number of carbonyl (C=O) groups is 2. The van der Waals surface area contributed by atoms with Crippen molar-refractivity contribution in [3.05, 3.63) is 64.2 Å². The highest BCUT2D eigenvalue weighted by molar-refractivity contribution is 7.80. The van der Waals surface area contributed by atoms with Gasteiger partial charge in [-0.3, -0.25) is 35.9 Å². The zero-order valence-electron chi connectivity index (χ0n) is 17.5. The van der Waals surface area contributed by atoms with Crippen molar-refractivity contribution in [2.45, 2.75) is 26.2 Å². The van der Waals surface area contributed by atoms with E-state index in [2.05, 4.69) is 23.1 Å². The smallest absolute Gasteiger partial charge is 0.276 e. The van der Waals surface area contributed by atoms with E-state index in [9.17, 15) is 19.7 Å². The van der Waals surface area contributed by atoms with Crippen molar-refractivity contribution in [3.8, 4) is 11.5 Å². The van der Waals surface area contributed by atoms with Crippen LogP contribution in [0.2, 0.25) is 0 Å². The molecule has 10 nitrogen and oxygen atoms in total. The number of nitrogens with zero attached hydrogens (tertiary/aromatic N) is 1. The minimum Gasteiger partial charge on any atom is -0.493 e. The number of carbonyl (C=O) groups excluding carboxylic acids is 2. The summed E-state index contributed by atoms with van der Waals surface area (Å²) >= 11 is 5.03. The van der Waals surface area contributed by atoms with E-state index in [0.29, 0.717) is 17.9 Å². The van der Waals surface area contributed by atoms with E-state index >= 15 is 0 Å². The summed E-state index contributed by atoms with van der Waals surface area (Å²) in [5, 5.41) is 13.0. The number of unbranched alkanes of at least 4 members (excludes halogenated alkanes) is 2. The number of hydrogen-bond donors (Lipinski definition) is 3. The molecule has 0 aliphatic rings. The van der Waals surface area contributed by atoms with Gasteiger partial charge in [-0.05, 0) is 42.9 Å². The van der Waals surface area contributed by atoms with Gasteiger partial charge in [-0.15, -0.1) is 0 Å². The number of rotatable bonds is 10. The number of nitrogens with one attached hydrogen (secondary N) is 3. The summed E-state index contributed by atoms with van der Waals surface area (Å²) in [6.45, 7) is 2.23. The number of hydrogen-bond acceptors (Lipinski definition) is 7. The van der Waals surface area contributed by atoms with E-state index in [4.69, 9.17) is 21.7 Å². The highest BCUT2D eigenvalue weighted by Crippen LogP contribution is 2.18. The second-order valence-electron chi connectivity index (χ2n) is 6.55. The average Bonchev–Trinajstić information content (AvgIpc) is 2.79. The Kier molecular flexibility index (Phi) is 9.85. The van der Waals surface area contributed by atoms with Crippen LogP contribution in [-0.4, -0.2) is 35.1 Å². The van der Waals surface area contributed by atoms with E-state index < -0.39 is 16.7 Å². The summed E-state index contributed by atoms with van der Waals surface area (Å²) < 4.78 is 10.9. The van der Waals surface area contributed by atoms with Crippen molar-refractivity contribution in [2.24, 2.45) is 0 Å². The van der Waals surface area contributed by atoms with E-state index in [-0.39, 0.29) is 23.2 Å². The Balaban J connectivity index is 1.77. The maximum atomic E-state index is 12.5. The Morgan fingerprint density at radius 1 is 1.03 bits per heavy atom. The first-order chi connectivity index (χ1) is 15.4. The van der Waals surface area contributed by atoms with Crippen LogP contribution in [0.5, 0.6) is 11.5 Å². The van der Waals surface area contributed by atoms with Gasteiger partial charge in [0.2, 0.25) is 0 Å². The minimum atomic E-state index is -0.570. The van der Waals surface area contributed by atoms with E-state index in [1.807, 2.05) is 0 Å². The SMILES string of the molecule is CCCCCOc1ccccc1C(=O)NC(=S)NNC(=O)COc1ccc([N+](=O)[O-])cc1.